The smallest absolute Gasteiger partial charge is 0.148 e. The summed E-state index contributed by atoms with van der Waals surface area (Å²) in [6.45, 7) is 8.07. The van der Waals surface area contributed by atoms with Crippen molar-refractivity contribution in [3.63, 3.8) is 0 Å². The average molecular weight is 156 g/mol. The third-order valence-electron chi connectivity index (χ3n) is 1.40. The minimum absolute atomic E-state index is 0.276. The lowest BCUT2D eigenvalue weighted by atomic mass is 10.1. The van der Waals surface area contributed by atoms with Crippen molar-refractivity contribution in [2.75, 3.05) is 6.61 Å². The summed E-state index contributed by atoms with van der Waals surface area (Å²) in [5, 5.41) is 0. The van der Waals surface area contributed by atoms with Gasteiger partial charge in [-0.05, 0) is 19.3 Å². The molecule has 0 spiro atoms. The van der Waals surface area contributed by atoms with Crippen molar-refractivity contribution in [2.45, 2.75) is 26.4 Å². The number of hydrogen-bond acceptors (Lipinski definition) is 2. The molecule has 0 aromatic carbocycles. The van der Waals surface area contributed by atoms with Gasteiger partial charge in [0.15, 0.2) is 0 Å². The molecule has 2 heteroatoms. The van der Waals surface area contributed by atoms with Gasteiger partial charge in [-0.15, -0.1) is 6.58 Å². The maximum Gasteiger partial charge on any atom is 0.148 e. The van der Waals surface area contributed by atoms with Crippen LogP contribution in [-0.4, -0.2) is 19.0 Å². The number of rotatable bonds is 6. The largest absolute Gasteiger partial charge is 0.371 e. The van der Waals surface area contributed by atoms with Crippen LogP contribution in [0.15, 0.2) is 12.7 Å². The molecule has 0 amide bonds. The van der Waals surface area contributed by atoms with Crippen LogP contribution in [0.5, 0.6) is 0 Å². The Hall–Kier alpha value is -0.630. The minimum Gasteiger partial charge on any atom is -0.371 e. The molecule has 2 nitrogen and oxygen atoms in total. The van der Waals surface area contributed by atoms with Crippen LogP contribution in [-0.2, 0) is 9.53 Å². The molecule has 11 heavy (non-hydrogen) atoms. The van der Waals surface area contributed by atoms with E-state index in [0.29, 0.717) is 12.5 Å². The number of carbonyl (C=O) groups is 1. The number of aldehydes is 1. The van der Waals surface area contributed by atoms with E-state index in [1.165, 1.54) is 0 Å². The van der Waals surface area contributed by atoms with Crippen LogP contribution in [0.4, 0.5) is 0 Å². The van der Waals surface area contributed by atoms with E-state index in [1.54, 1.807) is 6.92 Å². The normalized spacial score (nSPS) is 15.5. The first kappa shape index (κ1) is 10.4. The van der Waals surface area contributed by atoms with Crippen LogP contribution in [0.2, 0.25) is 0 Å². The van der Waals surface area contributed by atoms with Crippen molar-refractivity contribution in [2.24, 2.45) is 5.92 Å². The molecular weight excluding hydrogens is 140 g/mol. The van der Waals surface area contributed by atoms with Gasteiger partial charge in [-0.1, -0.05) is 13.0 Å². The van der Waals surface area contributed by atoms with Crippen molar-refractivity contribution in [1.29, 1.82) is 0 Å². The highest BCUT2D eigenvalue weighted by atomic mass is 16.5. The summed E-state index contributed by atoms with van der Waals surface area (Å²) in [5.74, 6) is 0.454. The van der Waals surface area contributed by atoms with E-state index in [1.807, 2.05) is 6.08 Å². The molecular formula is C9H16O2. The summed E-state index contributed by atoms with van der Waals surface area (Å²) in [4.78, 5) is 10.1. The Bertz CT molecular complexity index is 121. The van der Waals surface area contributed by atoms with Crippen molar-refractivity contribution in [3.05, 3.63) is 12.7 Å². The van der Waals surface area contributed by atoms with Crippen LogP contribution in [0.1, 0.15) is 20.3 Å². The molecule has 0 aliphatic heterocycles. The molecule has 0 N–H and O–H groups in total. The van der Waals surface area contributed by atoms with Crippen molar-refractivity contribution in [3.8, 4) is 0 Å². The third-order valence-corrected chi connectivity index (χ3v) is 1.40. The highest BCUT2D eigenvalue weighted by Gasteiger charge is 2.03. The van der Waals surface area contributed by atoms with Gasteiger partial charge in [0, 0.05) is 0 Å². The van der Waals surface area contributed by atoms with Crippen LogP contribution in [0.3, 0.4) is 0 Å². The first-order valence-electron chi connectivity index (χ1n) is 3.88. The van der Waals surface area contributed by atoms with Crippen molar-refractivity contribution >= 4 is 6.29 Å². The topological polar surface area (TPSA) is 26.3 Å². The zero-order valence-corrected chi connectivity index (χ0v) is 7.25. The number of allylic oxidation sites excluding steroid dienone is 1. The van der Waals surface area contributed by atoms with Crippen molar-refractivity contribution < 1.29 is 9.53 Å². The molecule has 64 valence electrons. The maximum absolute atomic E-state index is 10.1. The summed E-state index contributed by atoms with van der Waals surface area (Å²) in [6, 6.07) is 0. The Balaban J connectivity index is 3.36. The molecule has 0 saturated heterocycles. The molecule has 0 fully saturated rings. The Kier molecular flexibility index (Phi) is 5.75. The molecule has 0 aliphatic rings. The average Bonchev–Trinajstić information content (AvgIpc) is 2.01. The van der Waals surface area contributed by atoms with Gasteiger partial charge in [0.05, 0.1) is 6.61 Å². The fourth-order valence-electron chi connectivity index (χ4n) is 0.708. The van der Waals surface area contributed by atoms with Gasteiger partial charge in [-0.3, -0.25) is 0 Å². The second kappa shape index (κ2) is 6.10. The lowest BCUT2D eigenvalue weighted by molar-refractivity contribution is -0.117. The van der Waals surface area contributed by atoms with E-state index >= 15 is 0 Å². The molecule has 0 aromatic heterocycles. The standard InChI is InChI=1S/C9H16O2/c1-4-5-8(2)7-11-9(3)6-10/h4,6,8-9H,1,5,7H2,2-3H3. The molecule has 0 aromatic rings. The molecule has 0 bridgehead atoms. The maximum atomic E-state index is 10.1. The zero-order valence-electron chi connectivity index (χ0n) is 7.25. The van der Waals surface area contributed by atoms with Crippen molar-refractivity contribution in [1.82, 2.24) is 0 Å². The molecule has 0 radical (unpaired) electrons. The van der Waals surface area contributed by atoms with E-state index in [0.717, 1.165) is 12.7 Å². The first-order valence-corrected chi connectivity index (χ1v) is 3.88. The Morgan fingerprint density at radius 3 is 2.64 bits per heavy atom. The van der Waals surface area contributed by atoms with Gasteiger partial charge >= 0.3 is 0 Å². The minimum atomic E-state index is -0.276. The second-order valence-electron chi connectivity index (χ2n) is 2.80. The molecule has 2 unspecified atom stereocenters. The third kappa shape index (κ3) is 5.80. The highest BCUT2D eigenvalue weighted by Crippen LogP contribution is 2.03. The van der Waals surface area contributed by atoms with Crippen LogP contribution >= 0.6 is 0 Å². The number of ether oxygens (including phenoxy) is 1. The molecule has 0 rings (SSSR count). The number of carbonyl (C=O) groups excluding carboxylic acids is 1. The SMILES string of the molecule is C=CCC(C)COC(C)C=O. The predicted octanol–water partition coefficient (Wildman–Crippen LogP) is 1.80. The lowest BCUT2D eigenvalue weighted by Crippen LogP contribution is -2.14. The summed E-state index contributed by atoms with van der Waals surface area (Å²) in [5.41, 5.74) is 0. The molecule has 2 atom stereocenters. The van der Waals surface area contributed by atoms with Gasteiger partial charge in [0.1, 0.15) is 12.4 Å². The Morgan fingerprint density at radius 1 is 1.55 bits per heavy atom. The Morgan fingerprint density at radius 2 is 2.18 bits per heavy atom. The summed E-state index contributed by atoms with van der Waals surface area (Å²) in [7, 11) is 0. The van der Waals surface area contributed by atoms with Gasteiger partial charge < -0.3 is 9.53 Å². The van der Waals surface area contributed by atoms with Gasteiger partial charge in [0.2, 0.25) is 0 Å². The first-order chi connectivity index (χ1) is 5.20. The van der Waals surface area contributed by atoms with Crippen LogP contribution < -0.4 is 0 Å². The van der Waals surface area contributed by atoms with E-state index in [-0.39, 0.29) is 6.10 Å². The Labute approximate surface area is 68.2 Å². The zero-order chi connectivity index (χ0) is 8.69. The summed E-state index contributed by atoms with van der Waals surface area (Å²) < 4.78 is 5.19. The van der Waals surface area contributed by atoms with E-state index in [9.17, 15) is 4.79 Å². The lowest BCUT2D eigenvalue weighted by Gasteiger charge is -2.10. The molecule has 0 aliphatic carbocycles. The quantitative estimate of drug-likeness (QED) is 0.433. The van der Waals surface area contributed by atoms with E-state index < -0.39 is 0 Å². The molecule has 0 heterocycles. The van der Waals surface area contributed by atoms with Gasteiger partial charge in [-0.25, -0.2) is 0 Å². The summed E-state index contributed by atoms with van der Waals surface area (Å²) in [6.07, 6.45) is 3.33. The van der Waals surface area contributed by atoms with Gasteiger partial charge in [-0.2, -0.15) is 0 Å². The molecule has 0 saturated carbocycles. The van der Waals surface area contributed by atoms with E-state index in [2.05, 4.69) is 13.5 Å². The fourth-order valence-corrected chi connectivity index (χ4v) is 0.708. The summed E-state index contributed by atoms with van der Waals surface area (Å²) >= 11 is 0. The monoisotopic (exact) mass is 156 g/mol. The fraction of sp³-hybridized carbons (Fsp3) is 0.667. The number of hydrogen-bond donors (Lipinski definition) is 0. The van der Waals surface area contributed by atoms with Gasteiger partial charge in [0.25, 0.3) is 0 Å². The van der Waals surface area contributed by atoms with Crippen LogP contribution in [0, 0.1) is 5.92 Å². The second-order valence-corrected chi connectivity index (χ2v) is 2.80. The predicted molar refractivity (Wildman–Crippen MR) is 45.5 cm³/mol. The van der Waals surface area contributed by atoms with Crippen LogP contribution in [0.25, 0.3) is 0 Å². The van der Waals surface area contributed by atoms with E-state index in [4.69, 9.17) is 4.74 Å². The highest BCUT2D eigenvalue weighted by molar-refractivity contribution is 5.55.